The van der Waals surface area contributed by atoms with Crippen LogP contribution in [0.4, 0.5) is 4.39 Å². The van der Waals surface area contributed by atoms with Gasteiger partial charge in [-0.3, -0.25) is 0 Å². The third-order valence-electron chi connectivity index (χ3n) is 3.40. The zero-order valence-electron chi connectivity index (χ0n) is 11.4. The molecule has 1 aromatic rings. The minimum Gasteiger partial charge on any atom is -0.395 e. The van der Waals surface area contributed by atoms with Crippen LogP contribution >= 0.6 is 0 Å². The Labute approximate surface area is 108 Å². The molecule has 0 saturated heterocycles. The second kappa shape index (κ2) is 5.81. The van der Waals surface area contributed by atoms with Gasteiger partial charge < -0.3 is 10.2 Å². The van der Waals surface area contributed by atoms with Crippen LogP contribution in [0.15, 0.2) is 24.3 Å². The van der Waals surface area contributed by atoms with E-state index in [1.807, 2.05) is 0 Å². The van der Waals surface area contributed by atoms with E-state index in [1.54, 1.807) is 12.1 Å². The van der Waals surface area contributed by atoms with E-state index in [0.29, 0.717) is 12.0 Å². The predicted molar refractivity (Wildman–Crippen MR) is 70.9 cm³/mol. The molecule has 0 heterocycles. The van der Waals surface area contributed by atoms with Crippen molar-refractivity contribution in [2.45, 2.75) is 39.0 Å². The Bertz CT molecular complexity index is 378. The highest BCUT2D eigenvalue weighted by Gasteiger charge is 2.32. The molecule has 2 N–H and O–H groups in total. The summed E-state index contributed by atoms with van der Waals surface area (Å²) < 4.78 is 13.3. The van der Waals surface area contributed by atoms with Gasteiger partial charge in [-0.1, -0.05) is 32.9 Å². The van der Waals surface area contributed by atoms with Crippen LogP contribution in [0.1, 0.15) is 39.2 Å². The lowest BCUT2D eigenvalue weighted by Crippen LogP contribution is -2.36. The molecule has 3 heteroatoms. The van der Waals surface area contributed by atoms with Gasteiger partial charge in [0.2, 0.25) is 0 Å². The fraction of sp³-hybridized carbons (Fsp3) is 0.600. The number of hydrogen-bond donors (Lipinski definition) is 2. The number of hydrogen-bond acceptors (Lipinski definition) is 2. The summed E-state index contributed by atoms with van der Waals surface area (Å²) in [6, 6.07) is 6.14. The van der Waals surface area contributed by atoms with Gasteiger partial charge in [-0.25, -0.2) is 4.39 Å². The van der Waals surface area contributed by atoms with Gasteiger partial charge in [0.25, 0.3) is 0 Å². The van der Waals surface area contributed by atoms with E-state index in [4.69, 9.17) is 0 Å². The van der Waals surface area contributed by atoms with Crippen LogP contribution in [-0.2, 0) is 5.41 Å². The van der Waals surface area contributed by atoms with Gasteiger partial charge in [0.1, 0.15) is 5.82 Å². The van der Waals surface area contributed by atoms with E-state index in [2.05, 4.69) is 20.8 Å². The number of halogens is 1. The molecule has 1 aromatic carbocycles. The van der Waals surface area contributed by atoms with Crippen molar-refractivity contribution in [2.75, 3.05) is 13.2 Å². The van der Waals surface area contributed by atoms with Crippen LogP contribution in [0.25, 0.3) is 0 Å². The maximum absolute atomic E-state index is 13.3. The van der Waals surface area contributed by atoms with Gasteiger partial charge in [0.15, 0.2) is 0 Å². The van der Waals surface area contributed by atoms with Crippen molar-refractivity contribution >= 4 is 0 Å². The maximum atomic E-state index is 13.3. The minimum atomic E-state index is -0.755. The van der Waals surface area contributed by atoms with Gasteiger partial charge in [0, 0.05) is 5.41 Å². The molecule has 0 bridgehead atoms. The molecule has 0 aromatic heterocycles. The molecular formula is C15H23FO2. The minimum absolute atomic E-state index is 0.114. The van der Waals surface area contributed by atoms with Crippen LogP contribution in [-0.4, -0.2) is 23.4 Å². The first-order valence-corrected chi connectivity index (χ1v) is 6.31. The van der Waals surface area contributed by atoms with Crippen LogP contribution in [0.5, 0.6) is 0 Å². The predicted octanol–water partition coefficient (Wildman–Crippen LogP) is 2.87. The Hall–Kier alpha value is -0.930. The molecule has 0 spiro atoms. The highest BCUT2D eigenvalue weighted by atomic mass is 19.1. The summed E-state index contributed by atoms with van der Waals surface area (Å²) in [4.78, 5) is 0. The van der Waals surface area contributed by atoms with Gasteiger partial charge in [-0.05, 0) is 36.0 Å². The van der Waals surface area contributed by atoms with Crippen LogP contribution in [0.2, 0.25) is 0 Å². The molecule has 0 atom stereocenters. The lowest BCUT2D eigenvalue weighted by Gasteiger charge is -2.33. The monoisotopic (exact) mass is 254 g/mol. The molecule has 0 aliphatic rings. The highest BCUT2D eigenvalue weighted by molar-refractivity contribution is 5.26. The first-order chi connectivity index (χ1) is 8.33. The molecule has 0 saturated carbocycles. The van der Waals surface area contributed by atoms with Crippen molar-refractivity contribution in [2.24, 2.45) is 5.41 Å². The Morgan fingerprint density at radius 3 is 2.11 bits per heavy atom. The van der Waals surface area contributed by atoms with Gasteiger partial charge in [-0.2, -0.15) is 0 Å². The number of aliphatic hydroxyl groups excluding tert-OH is 2. The van der Waals surface area contributed by atoms with Crippen LogP contribution in [0.3, 0.4) is 0 Å². The summed E-state index contributed by atoms with van der Waals surface area (Å²) in [5, 5.41) is 19.3. The van der Waals surface area contributed by atoms with Gasteiger partial charge >= 0.3 is 0 Å². The number of aliphatic hydroxyl groups is 2. The van der Waals surface area contributed by atoms with Crippen molar-refractivity contribution in [3.05, 3.63) is 35.6 Å². The molecule has 0 fully saturated rings. The molecule has 0 radical (unpaired) electrons. The summed E-state index contributed by atoms with van der Waals surface area (Å²) >= 11 is 0. The van der Waals surface area contributed by atoms with E-state index < -0.39 is 5.41 Å². The van der Waals surface area contributed by atoms with Crippen molar-refractivity contribution in [3.63, 3.8) is 0 Å². The van der Waals surface area contributed by atoms with E-state index in [0.717, 1.165) is 6.42 Å². The summed E-state index contributed by atoms with van der Waals surface area (Å²) in [5.74, 6) is -0.338. The van der Waals surface area contributed by atoms with Crippen molar-refractivity contribution in [1.82, 2.24) is 0 Å². The highest BCUT2D eigenvalue weighted by Crippen LogP contribution is 2.34. The number of benzene rings is 1. The number of rotatable bonds is 5. The van der Waals surface area contributed by atoms with Gasteiger partial charge in [-0.15, -0.1) is 0 Å². The Balaban J connectivity index is 2.99. The van der Waals surface area contributed by atoms with E-state index >= 15 is 0 Å². The summed E-state index contributed by atoms with van der Waals surface area (Å²) in [6.45, 7) is 5.97. The molecule has 102 valence electrons. The van der Waals surface area contributed by atoms with Crippen LogP contribution in [0, 0.1) is 11.2 Å². The standard InChI is InChI=1S/C15H23FO2/c1-14(2,3)7-8-15(10-17,11-18)12-5-4-6-13(16)9-12/h4-6,9,17-18H,7-8,10-11H2,1-3H3. The summed E-state index contributed by atoms with van der Waals surface area (Å²) in [5.41, 5.74) is 0.0231. The quantitative estimate of drug-likeness (QED) is 0.848. The SMILES string of the molecule is CC(C)(C)CCC(CO)(CO)c1cccc(F)c1. The average molecular weight is 254 g/mol. The fourth-order valence-electron chi connectivity index (χ4n) is 1.97. The topological polar surface area (TPSA) is 40.5 Å². The third kappa shape index (κ3) is 3.79. The first kappa shape index (κ1) is 15.1. The second-order valence-corrected chi connectivity index (χ2v) is 6.17. The third-order valence-corrected chi connectivity index (χ3v) is 3.40. The normalized spacial score (nSPS) is 12.8. The molecule has 2 nitrogen and oxygen atoms in total. The Morgan fingerprint density at radius 1 is 1.06 bits per heavy atom. The largest absolute Gasteiger partial charge is 0.395 e. The van der Waals surface area contributed by atoms with Crippen LogP contribution < -0.4 is 0 Å². The summed E-state index contributed by atoms with van der Waals surface area (Å²) in [7, 11) is 0. The fourth-order valence-corrected chi connectivity index (χ4v) is 1.97. The zero-order chi connectivity index (χ0) is 13.8. The second-order valence-electron chi connectivity index (χ2n) is 6.17. The first-order valence-electron chi connectivity index (χ1n) is 6.31. The lowest BCUT2D eigenvalue weighted by molar-refractivity contribution is 0.0985. The molecule has 0 amide bonds. The molecular weight excluding hydrogens is 231 g/mol. The molecule has 0 aliphatic heterocycles. The molecule has 0 aliphatic carbocycles. The summed E-state index contributed by atoms with van der Waals surface area (Å²) in [6.07, 6.45) is 1.48. The molecule has 0 unspecified atom stereocenters. The van der Waals surface area contributed by atoms with Crippen molar-refractivity contribution < 1.29 is 14.6 Å². The van der Waals surface area contributed by atoms with E-state index in [-0.39, 0.29) is 24.4 Å². The molecule has 18 heavy (non-hydrogen) atoms. The smallest absolute Gasteiger partial charge is 0.123 e. The zero-order valence-corrected chi connectivity index (χ0v) is 11.4. The van der Waals surface area contributed by atoms with E-state index in [9.17, 15) is 14.6 Å². The maximum Gasteiger partial charge on any atom is 0.123 e. The van der Waals surface area contributed by atoms with E-state index in [1.165, 1.54) is 12.1 Å². The lowest BCUT2D eigenvalue weighted by atomic mass is 9.74. The van der Waals surface area contributed by atoms with Crippen molar-refractivity contribution in [3.8, 4) is 0 Å². The Morgan fingerprint density at radius 2 is 1.67 bits per heavy atom. The average Bonchev–Trinajstić information content (AvgIpc) is 2.30. The Kier molecular flexibility index (Phi) is 4.88. The molecule has 1 rings (SSSR count). The van der Waals surface area contributed by atoms with Gasteiger partial charge in [0.05, 0.1) is 13.2 Å². The van der Waals surface area contributed by atoms with Crippen molar-refractivity contribution in [1.29, 1.82) is 0 Å².